The van der Waals surface area contributed by atoms with E-state index in [1.807, 2.05) is 22.7 Å². The van der Waals surface area contributed by atoms with Crippen LogP contribution in [0.15, 0.2) is 12.1 Å². The van der Waals surface area contributed by atoms with Gasteiger partial charge in [-0.05, 0) is 25.5 Å². The Morgan fingerprint density at radius 2 is 2.09 bits per heavy atom. The van der Waals surface area contributed by atoms with Crippen LogP contribution in [0.2, 0.25) is 0 Å². The van der Waals surface area contributed by atoms with Gasteiger partial charge in [0.2, 0.25) is 0 Å². The van der Waals surface area contributed by atoms with E-state index in [1.54, 1.807) is 0 Å². The second-order valence-electron chi connectivity index (χ2n) is 2.67. The molecule has 2 rings (SSSR count). The molecule has 0 nitrogen and oxygen atoms in total. The molecule has 0 radical (unpaired) electrons. The zero-order valence-electron chi connectivity index (χ0n) is 6.68. The van der Waals surface area contributed by atoms with Crippen molar-refractivity contribution in [1.29, 1.82) is 0 Å². The van der Waals surface area contributed by atoms with Crippen LogP contribution < -0.4 is 0 Å². The Hall–Kier alpha value is -0.340. The third kappa shape index (κ3) is 1.21. The number of hydrogen-bond acceptors (Lipinski definition) is 2. The molecule has 2 aromatic heterocycles. The van der Waals surface area contributed by atoms with Crippen LogP contribution in [0.3, 0.4) is 0 Å². The Labute approximate surface area is 74.5 Å². The largest absolute Gasteiger partial charge is 0.130 e. The van der Waals surface area contributed by atoms with Gasteiger partial charge in [-0.2, -0.15) is 0 Å². The SMILES string of the molecule is CCc1cc2cc(C)sc2s1. The smallest absolute Gasteiger partial charge is 0.0870 e. The highest BCUT2D eigenvalue weighted by atomic mass is 32.2. The van der Waals surface area contributed by atoms with Crippen molar-refractivity contribution in [2.75, 3.05) is 0 Å². The van der Waals surface area contributed by atoms with Crippen LogP contribution in [0.4, 0.5) is 0 Å². The Morgan fingerprint density at radius 3 is 2.73 bits per heavy atom. The summed E-state index contributed by atoms with van der Waals surface area (Å²) in [6.07, 6.45) is 1.17. The summed E-state index contributed by atoms with van der Waals surface area (Å²) in [5, 5.41) is 1.44. The number of hydrogen-bond donors (Lipinski definition) is 0. The molecule has 0 unspecified atom stereocenters. The number of fused-ring (bicyclic) bond motifs is 1. The maximum absolute atomic E-state index is 2.31. The summed E-state index contributed by atoms with van der Waals surface area (Å²) >= 11 is 3.84. The van der Waals surface area contributed by atoms with Crippen LogP contribution in [0.1, 0.15) is 16.7 Å². The molecule has 11 heavy (non-hydrogen) atoms. The average molecular weight is 182 g/mol. The Morgan fingerprint density at radius 1 is 1.27 bits per heavy atom. The van der Waals surface area contributed by atoms with Crippen LogP contribution >= 0.6 is 22.7 Å². The number of rotatable bonds is 1. The Kier molecular flexibility index (Phi) is 1.74. The molecular formula is C9H10S2. The topological polar surface area (TPSA) is 0 Å². The molecule has 0 aromatic carbocycles. The van der Waals surface area contributed by atoms with Gasteiger partial charge in [-0.15, -0.1) is 22.7 Å². The quantitative estimate of drug-likeness (QED) is 0.628. The highest BCUT2D eigenvalue weighted by molar-refractivity contribution is 7.38. The first-order valence-corrected chi connectivity index (χ1v) is 5.41. The predicted octanol–water partition coefficient (Wildman–Crippen LogP) is 3.83. The average Bonchev–Trinajstić information content (AvgIpc) is 2.43. The summed E-state index contributed by atoms with van der Waals surface area (Å²) in [5.74, 6) is 0. The molecule has 0 saturated carbocycles. The first-order chi connectivity index (χ1) is 5.29. The second kappa shape index (κ2) is 2.61. The minimum Gasteiger partial charge on any atom is -0.130 e. The van der Waals surface area contributed by atoms with Crippen molar-refractivity contribution >= 4 is 32.1 Å². The van der Waals surface area contributed by atoms with Crippen LogP contribution in [0.5, 0.6) is 0 Å². The maximum atomic E-state index is 2.31. The van der Waals surface area contributed by atoms with Crippen molar-refractivity contribution in [3.8, 4) is 0 Å². The molecule has 2 aromatic rings. The van der Waals surface area contributed by atoms with Gasteiger partial charge in [0.05, 0.1) is 4.01 Å². The minimum absolute atomic E-state index is 1.17. The monoisotopic (exact) mass is 182 g/mol. The molecule has 2 heteroatoms. The van der Waals surface area contributed by atoms with Gasteiger partial charge in [0.15, 0.2) is 0 Å². The van der Waals surface area contributed by atoms with Crippen LogP contribution in [0, 0.1) is 6.92 Å². The maximum Gasteiger partial charge on any atom is 0.0870 e. The molecule has 0 spiro atoms. The van der Waals surface area contributed by atoms with Gasteiger partial charge in [-0.25, -0.2) is 0 Å². The summed E-state index contributed by atoms with van der Waals surface area (Å²) < 4.78 is 1.49. The van der Waals surface area contributed by atoms with E-state index in [0.717, 1.165) is 0 Å². The van der Waals surface area contributed by atoms with E-state index < -0.39 is 0 Å². The number of thiophene rings is 2. The molecule has 2 heterocycles. The summed E-state index contributed by atoms with van der Waals surface area (Å²) in [7, 11) is 0. The highest BCUT2D eigenvalue weighted by Gasteiger charge is 2.02. The van der Waals surface area contributed by atoms with E-state index in [1.165, 1.54) is 25.6 Å². The van der Waals surface area contributed by atoms with Crippen molar-refractivity contribution in [3.05, 3.63) is 21.9 Å². The first-order valence-electron chi connectivity index (χ1n) is 3.78. The normalized spacial score (nSPS) is 11.1. The van der Waals surface area contributed by atoms with Crippen molar-refractivity contribution in [3.63, 3.8) is 0 Å². The molecule has 0 amide bonds. The van der Waals surface area contributed by atoms with Crippen LogP contribution in [-0.4, -0.2) is 0 Å². The first kappa shape index (κ1) is 7.32. The van der Waals surface area contributed by atoms with Gasteiger partial charge in [0.25, 0.3) is 0 Å². The van der Waals surface area contributed by atoms with Crippen molar-refractivity contribution in [2.45, 2.75) is 20.3 Å². The fourth-order valence-corrected chi connectivity index (χ4v) is 3.59. The summed E-state index contributed by atoms with van der Waals surface area (Å²) in [4.78, 5) is 2.93. The second-order valence-corrected chi connectivity index (χ2v) is 5.32. The lowest BCUT2D eigenvalue weighted by Gasteiger charge is -1.81. The summed E-state index contributed by atoms with van der Waals surface area (Å²) in [6, 6.07) is 4.58. The van der Waals surface area contributed by atoms with Crippen LogP contribution in [0.25, 0.3) is 9.40 Å². The van der Waals surface area contributed by atoms with Gasteiger partial charge >= 0.3 is 0 Å². The zero-order valence-corrected chi connectivity index (χ0v) is 8.31. The van der Waals surface area contributed by atoms with Crippen molar-refractivity contribution in [1.82, 2.24) is 0 Å². The molecule has 0 aliphatic heterocycles. The number of aryl methyl sites for hydroxylation is 2. The standard InChI is InChI=1S/C9H10S2/c1-3-8-5-7-4-6(2)10-9(7)11-8/h4-5H,3H2,1-2H3. The molecule has 0 atom stereocenters. The molecule has 0 fully saturated rings. The molecule has 0 aliphatic carbocycles. The molecule has 0 aliphatic rings. The van der Waals surface area contributed by atoms with Crippen LogP contribution in [-0.2, 0) is 6.42 Å². The zero-order chi connectivity index (χ0) is 7.84. The highest BCUT2D eigenvalue weighted by Crippen LogP contribution is 2.33. The Bertz CT molecular complexity index is 336. The Balaban J connectivity index is 2.64. The minimum atomic E-state index is 1.17. The van der Waals surface area contributed by atoms with E-state index >= 15 is 0 Å². The van der Waals surface area contributed by atoms with Gasteiger partial charge < -0.3 is 0 Å². The predicted molar refractivity (Wildman–Crippen MR) is 53.8 cm³/mol. The summed E-state index contributed by atoms with van der Waals surface area (Å²) in [6.45, 7) is 4.38. The van der Waals surface area contributed by atoms with Gasteiger partial charge in [0.1, 0.15) is 0 Å². The lowest BCUT2D eigenvalue weighted by atomic mass is 10.3. The molecule has 58 valence electrons. The molecule has 0 bridgehead atoms. The molecular weight excluding hydrogens is 172 g/mol. The van der Waals surface area contributed by atoms with E-state index in [2.05, 4.69) is 26.0 Å². The lowest BCUT2D eigenvalue weighted by molar-refractivity contribution is 1.19. The third-order valence-electron chi connectivity index (χ3n) is 1.74. The molecule has 0 saturated heterocycles. The molecule has 0 N–H and O–H groups in total. The van der Waals surface area contributed by atoms with E-state index in [0.29, 0.717) is 0 Å². The van der Waals surface area contributed by atoms with Gasteiger partial charge in [-0.1, -0.05) is 6.92 Å². The van der Waals surface area contributed by atoms with E-state index in [9.17, 15) is 0 Å². The van der Waals surface area contributed by atoms with Gasteiger partial charge in [-0.3, -0.25) is 0 Å². The van der Waals surface area contributed by atoms with E-state index in [-0.39, 0.29) is 0 Å². The fourth-order valence-electron chi connectivity index (χ4n) is 1.19. The summed E-state index contributed by atoms with van der Waals surface area (Å²) in [5.41, 5.74) is 0. The fraction of sp³-hybridized carbons (Fsp3) is 0.333. The third-order valence-corrected chi connectivity index (χ3v) is 4.19. The van der Waals surface area contributed by atoms with E-state index in [4.69, 9.17) is 0 Å². The van der Waals surface area contributed by atoms with Crippen molar-refractivity contribution < 1.29 is 0 Å². The van der Waals surface area contributed by atoms with Crippen molar-refractivity contribution in [2.24, 2.45) is 0 Å². The van der Waals surface area contributed by atoms with Gasteiger partial charge in [0, 0.05) is 15.1 Å². The lowest BCUT2D eigenvalue weighted by Crippen LogP contribution is -1.64.